The Labute approximate surface area is 152 Å². The third kappa shape index (κ3) is 7.28. The van der Waals surface area contributed by atoms with Crippen molar-refractivity contribution < 1.29 is 18.3 Å². The van der Waals surface area contributed by atoms with Crippen molar-refractivity contribution in [2.45, 2.75) is 77.1 Å². The zero-order valence-corrected chi connectivity index (χ0v) is 16.9. The molecule has 0 spiro atoms. The molecule has 4 nitrogen and oxygen atoms in total. The summed E-state index contributed by atoms with van der Waals surface area (Å²) >= 11 is 0. The van der Waals surface area contributed by atoms with Gasteiger partial charge in [0.05, 0.1) is 16.1 Å². The number of hydrogen-bond acceptors (Lipinski definition) is 4. The van der Waals surface area contributed by atoms with Gasteiger partial charge < -0.3 is 5.11 Å². The monoisotopic (exact) mass is 368 g/mol. The molecule has 1 aromatic rings. The fourth-order valence-electron chi connectivity index (χ4n) is 2.44. The van der Waals surface area contributed by atoms with Gasteiger partial charge in [-0.2, -0.15) is 0 Å². The van der Waals surface area contributed by atoms with Crippen LogP contribution in [0.5, 0.6) is 0 Å². The molecule has 0 atom stereocenters. The zero-order valence-electron chi connectivity index (χ0n) is 16.1. The highest BCUT2D eigenvalue weighted by atomic mass is 32.2. The number of carbonyl (C=O) groups excluding carboxylic acids is 1. The summed E-state index contributed by atoms with van der Waals surface area (Å²) in [7, 11) is -3.07. The smallest absolute Gasteiger partial charge is 0.155 e. The Morgan fingerprint density at radius 3 is 2.00 bits per heavy atom. The lowest BCUT2D eigenvalue weighted by Gasteiger charge is -2.18. The van der Waals surface area contributed by atoms with Crippen molar-refractivity contribution >= 4 is 15.6 Å². The Morgan fingerprint density at radius 2 is 1.52 bits per heavy atom. The lowest BCUT2D eigenvalue weighted by Crippen LogP contribution is -2.30. The summed E-state index contributed by atoms with van der Waals surface area (Å²) in [5.74, 6) is 0.345. The fourth-order valence-corrected chi connectivity index (χ4v) is 3.64. The number of ketones is 1. The highest BCUT2D eigenvalue weighted by Gasteiger charge is 2.27. The second-order valence-electron chi connectivity index (χ2n) is 8.21. The van der Waals surface area contributed by atoms with Crippen LogP contribution in [-0.2, 0) is 26.7 Å². The summed E-state index contributed by atoms with van der Waals surface area (Å²) in [5, 5.41) is 9.93. The molecule has 0 aromatic heterocycles. The fraction of sp³-hybridized carbons (Fsp3) is 0.650. The summed E-state index contributed by atoms with van der Waals surface area (Å²) in [5.41, 5.74) is 0.882. The molecule has 0 radical (unpaired) electrons. The molecule has 5 heteroatoms. The molecule has 0 aliphatic heterocycles. The molecule has 0 fully saturated rings. The van der Waals surface area contributed by atoms with Crippen LogP contribution in [0.1, 0.15) is 71.4 Å². The lowest BCUT2D eigenvalue weighted by molar-refractivity contribution is -0.118. The molecular formula is C20H32O4S. The number of Topliss-reactive ketones (excluding diaryl/α,β-unsaturated/α-hetero) is 1. The van der Waals surface area contributed by atoms with Crippen molar-refractivity contribution in [3.63, 3.8) is 0 Å². The average Bonchev–Trinajstić information content (AvgIpc) is 2.45. The van der Waals surface area contributed by atoms with Crippen molar-refractivity contribution in [1.82, 2.24) is 0 Å². The van der Waals surface area contributed by atoms with Gasteiger partial charge in [0.25, 0.3) is 0 Å². The van der Waals surface area contributed by atoms with Crippen molar-refractivity contribution in [3.05, 3.63) is 35.4 Å². The molecule has 1 N–H and O–H groups in total. The maximum atomic E-state index is 12.0. The van der Waals surface area contributed by atoms with Crippen LogP contribution in [0, 0.1) is 0 Å². The molecule has 0 amide bonds. The van der Waals surface area contributed by atoms with Crippen LogP contribution in [0.3, 0.4) is 0 Å². The Morgan fingerprint density at radius 1 is 0.960 bits per heavy atom. The van der Waals surface area contributed by atoms with Gasteiger partial charge in [-0.15, -0.1) is 0 Å². The molecule has 25 heavy (non-hydrogen) atoms. The molecular weight excluding hydrogens is 336 g/mol. The van der Waals surface area contributed by atoms with E-state index in [1.165, 1.54) is 0 Å². The van der Waals surface area contributed by atoms with Gasteiger partial charge in [0.15, 0.2) is 9.84 Å². The highest BCUT2D eigenvalue weighted by molar-refractivity contribution is 7.92. The summed E-state index contributed by atoms with van der Waals surface area (Å²) in [6.07, 6.45) is 2.93. The number of sulfone groups is 1. The number of carbonyl (C=O) groups is 1. The van der Waals surface area contributed by atoms with Gasteiger partial charge in [0.1, 0.15) is 5.78 Å². The van der Waals surface area contributed by atoms with E-state index in [-0.39, 0.29) is 11.5 Å². The van der Waals surface area contributed by atoms with E-state index >= 15 is 0 Å². The minimum Gasteiger partial charge on any atom is -0.386 e. The number of benzene rings is 1. The van der Waals surface area contributed by atoms with E-state index in [9.17, 15) is 18.3 Å². The van der Waals surface area contributed by atoms with E-state index in [1.54, 1.807) is 34.6 Å². The van der Waals surface area contributed by atoms with Crippen molar-refractivity contribution in [2.75, 3.05) is 5.75 Å². The SMILES string of the molecule is CC(C)(O)c1ccc(CC(=O)CCCCCS(=O)(=O)C(C)(C)C)cc1. The predicted molar refractivity (Wildman–Crippen MR) is 102 cm³/mol. The third-order valence-electron chi connectivity index (χ3n) is 4.36. The van der Waals surface area contributed by atoms with E-state index in [2.05, 4.69) is 0 Å². The minimum absolute atomic E-state index is 0.162. The van der Waals surface area contributed by atoms with E-state index < -0.39 is 20.2 Å². The first-order chi connectivity index (χ1) is 11.3. The maximum Gasteiger partial charge on any atom is 0.155 e. The van der Waals surface area contributed by atoms with Gasteiger partial charge in [0.2, 0.25) is 0 Å². The number of rotatable bonds is 9. The van der Waals surface area contributed by atoms with Crippen LogP contribution in [0.4, 0.5) is 0 Å². The normalized spacial score (nSPS) is 13.0. The van der Waals surface area contributed by atoms with Crippen LogP contribution in [-0.4, -0.2) is 29.8 Å². The first-order valence-electron chi connectivity index (χ1n) is 8.89. The Balaban J connectivity index is 2.34. The third-order valence-corrected chi connectivity index (χ3v) is 7.06. The van der Waals surface area contributed by atoms with Gasteiger partial charge in [-0.05, 0) is 58.6 Å². The van der Waals surface area contributed by atoms with Crippen molar-refractivity contribution in [2.24, 2.45) is 0 Å². The molecule has 1 rings (SSSR count). The molecule has 0 bridgehead atoms. The van der Waals surface area contributed by atoms with Crippen LogP contribution in [0.25, 0.3) is 0 Å². The van der Waals surface area contributed by atoms with E-state index in [0.717, 1.165) is 24.0 Å². The summed E-state index contributed by atoms with van der Waals surface area (Å²) < 4.78 is 23.3. The topological polar surface area (TPSA) is 71.4 Å². The Hall–Kier alpha value is -1.20. The molecule has 0 unspecified atom stereocenters. The molecule has 1 aromatic carbocycles. The number of hydrogen-bond donors (Lipinski definition) is 1. The quantitative estimate of drug-likeness (QED) is 0.673. The van der Waals surface area contributed by atoms with Crippen LogP contribution >= 0.6 is 0 Å². The molecule has 142 valence electrons. The number of aliphatic hydroxyl groups is 1. The van der Waals surface area contributed by atoms with Crippen LogP contribution in [0.15, 0.2) is 24.3 Å². The number of unbranched alkanes of at least 4 members (excludes halogenated alkanes) is 2. The van der Waals surface area contributed by atoms with Gasteiger partial charge in [-0.3, -0.25) is 4.79 Å². The lowest BCUT2D eigenvalue weighted by atomic mass is 9.96. The van der Waals surface area contributed by atoms with Gasteiger partial charge in [-0.25, -0.2) is 8.42 Å². The molecule has 0 saturated heterocycles. The van der Waals surface area contributed by atoms with E-state index in [0.29, 0.717) is 19.3 Å². The Kier molecular flexibility index (Phi) is 7.39. The second kappa shape index (κ2) is 8.45. The van der Waals surface area contributed by atoms with Crippen molar-refractivity contribution in [3.8, 4) is 0 Å². The summed E-state index contributed by atoms with van der Waals surface area (Å²) in [6.45, 7) is 8.61. The Bertz CT molecular complexity index is 659. The highest BCUT2D eigenvalue weighted by Crippen LogP contribution is 2.20. The first-order valence-corrected chi connectivity index (χ1v) is 10.5. The second-order valence-corrected chi connectivity index (χ2v) is 11.1. The standard InChI is InChI=1S/C20H32O4S/c1-19(2,3)25(23,24)14-8-6-7-9-18(21)15-16-10-12-17(13-11-16)20(4,5)22/h10-13,22H,6-9,14-15H2,1-5H3. The molecule has 0 aliphatic carbocycles. The zero-order chi connectivity index (χ0) is 19.3. The molecule has 0 aliphatic rings. The van der Waals surface area contributed by atoms with E-state index in [4.69, 9.17) is 0 Å². The van der Waals surface area contributed by atoms with Gasteiger partial charge >= 0.3 is 0 Å². The van der Waals surface area contributed by atoms with E-state index in [1.807, 2.05) is 24.3 Å². The van der Waals surface area contributed by atoms with Crippen LogP contribution < -0.4 is 0 Å². The summed E-state index contributed by atoms with van der Waals surface area (Å²) in [4.78, 5) is 12.0. The van der Waals surface area contributed by atoms with Gasteiger partial charge in [-0.1, -0.05) is 30.7 Å². The maximum absolute atomic E-state index is 12.0. The van der Waals surface area contributed by atoms with Crippen molar-refractivity contribution in [1.29, 1.82) is 0 Å². The van der Waals surface area contributed by atoms with Crippen LogP contribution in [0.2, 0.25) is 0 Å². The molecule has 0 saturated carbocycles. The predicted octanol–water partition coefficient (Wildman–Crippen LogP) is 3.80. The largest absolute Gasteiger partial charge is 0.386 e. The first kappa shape index (κ1) is 21.8. The molecule has 0 heterocycles. The minimum atomic E-state index is -3.07. The summed E-state index contributed by atoms with van der Waals surface area (Å²) in [6, 6.07) is 7.45. The average molecular weight is 369 g/mol. The van der Waals surface area contributed by atoms with Gasteiger partial charge in [0, 0.05) is 12.8 Å².